The van der Waals surface area contributed by atoms with Gasteiger partial charge in [0.15, 0.2) is 0 Å². The third-order valence-corrected chi connectivity index (χ3v) is 3.78. The van der Waals surface area contributed by atoms with Crippen LogP contribution in [-0.4, -0.2) is 19.6 Å². The van der Waals surface area contributed by atoms with Crippen molar-refractivity contribution in [2.45, 2.75) is 53.1 Å². The van der Waals surface area contributed by atoms with Crippen LogP contribution in [0.2, 0.25) is 0 Å². The maximum absolute atomic E-state index is 13.5. The predicted molar refractivity (Wildman–Crippen MR) is 85.7 cm³/mol. The summed E-state index contributed by atoms with van der Waals surface area (Å²) in [6.45, 7) is 10.4. The fraction of sp³-hybridized carbons (Fsp3) is 0.647. The lowest BCUT2D eigenvalue weighted by Gasteiger charge is -2.30. The van der Waals surface area contributed by atoms with E-state index in [0.29, 0.717) is 12.0 Å². The van der Waals surface area contributed by atoms with Crippen LogP contribution in [0.15, 0.2) is 18.2 Å². The van der Waals surface area contributed by atoms with Crippen molar-refractivity contribution in [1.29, 1.82) is 0 Å². The van der Waals surface area contributed by atoms with Crippen LogP contribution in [0.3, 0.4) is 0 Å². The highest BCUT2D eigenvalue weighted by Crippen LogP contribution is 2.24. The van der Waals surface area contributed by atoms with E-state index in [-0.39, 0.29) is 5.82 Å². The second-order valence-corrected chi connectivity index (χ2v) is 5.88. The molecule has 114 valence electrons. The van der Waals surface area contributed by atoms with Gasteiger partial charge in [-0.3, -0.25) is 0 Å². The van der Waals surface area contributed by atoms with Gasteiger partial charge in [-0.25, -0.2) is 4.39 Å². The Balaban J connectivity index is 2.88. The van der Waals surface area contributed by atoms with Gasteiger partial charge in [0.1, 0.15) is 5.82 Å². The molecule has 1 aromatic carbocycles. The molecular formula is C17H29FN2. The molecule has 0 unspecified atom stereocenters. The number of rotatable bonds is 8. The second kappa shape index (κ2) is 8.25. The average Bonchev–Trinajstić information content (AvgIpc) is 2.39. The summed E-state index contributed by atoms with van der Waals surface area (Å²) in [6.07, 6.45) is 2.20. The Hall–Kier alpha value is -1.09. The van der Waals surface area contributed by atoms with Gasteiger partial charge < -0.3 is 10.2 Å². The van der Waals surface area contributed by atoms with Crippen molar-refractivity contribution in [3.63, 3.8) is 0 Å². The minimum atomic E-state index is -0.159. The van der Waals surface area contributed by atoms with E-state index in [0.717, 1.165) is 37.2 Å². The van der Waals surface area contributed by atoms with Gasteiger partial charge in [0, 0.05) is 25.3 Å². The Morgan fingerprint density at radius 1 is 1.20 bits per heavy atom. The number of anilines is 1. The molecule has 0 saturated carbocycles. The summed E-state index contributed by atoms with van der Waals surface area (Å²) in [4.78, 5) is 2.28. The Morgan fingerprint density at radius 2 is 1.85 bits per heavy atom. The number of halogens is 1. The number of hydrogen-bond acceptors (Lipinski definition) is 2. The first-order valence-electron chi connectivity index (χ1n) is 7.71. The number of nitrogens with one attached hydrogen (secondary N) is 1. The average molecular weight is 280 g/mol. The molecule has 3 heteroatoms. The van der Waals surface area contributed by atoms with Crippen LogP contribution in [0.25, 0.3) is 0 Å². The fourth-order valence-corrected chi connectivity index (χ4v) is 2.57. The first kappa shape index (κ1) is 17.0. The molecule has 1 N–H and O–H groups in total. The number of nitrogens with zero attached hydrogens (tertiary/aromatic N) is 1. The van der Waals surface area contributed by atoms with Gasteiger partial charge in [-0.2, -0.15) is 0 Å². The highest BCUT2D eigenvalue weighted by molar-refractivity contribution is 5.54. The summed E-state index contributed by atoms with van der Waals surface area (Å²) in [5.74, 6) is 0.441. The van der Waals surface area contributed by atoms with Gasteiger partial charge in [-0.15, -0.1) is 0 Å². The van der Waals surface area contributed by atoms with Crippen LogP contribution >= 0.6 is 0 Å². The summed E-state index contributed by atoms with van der Waals surface area (Å²) in [7, 11) is 2.11. The smallest absolute Gasteiger partial charge is 0.123 e. The van der Waals surface area contributed by atoms with Crippen LogP contribution in [0.5, 0.6) is 0 Å². The SMILES string of the molecule is CCC(CC)N(C)c1ccc(F)cc1CNCC(C)C. The molecule has 20 heavy (non-hydrogen) atoms. The third-order valence-electron chi connectivity index (χ3n) is 3.78. The zero-order valence-electron chi connectivity index (χ0n) is 13.5. The Labute approximate surface area is 123 Å². The van der Waals surface area contributed by atoms with Crippen LogP contribution < -0.4 is 10.2 Å². The highest BCUT2D eigenvalue weighted by Gasteiger charge is 2.15. The van der Waals surface area contributed by atoms with E-state index in [1.807, 2.05) is 6.07 Å². The summed E-state index contributed by atoms with van der Waals surface area (Å²) in [6, 6.07) is 5.62. The van der Waals surface area contributed by atoms with Gasteiger partial charge in [-0.1, -0.05) is 27.7 Å². The lowest BCUT2D eigenvalue weighted by atomic mass is 10.1. The molecule has 0 heterocycles. The quantitative estimate of drug-likeness (QED) is 0.768. The molecule has 0 atom stereocenters. The van der Waals surface area contributed by atoms with Gasteiger partial charge >= 0.3 is 0 Å². The first-order chi connectivity index (χ1) is 9.49. The molecular weight excluding hydrogens is 251 g/mol. The molecule has 0 bridgehead atoms. The predicted octanol–water partition coefficient (Wildman–Crippen LogP) is 4.20. The molecule has 0 fully saturated rings. The zero-order chi connectivity index (χ0) is 15.1. The van der Waals surface area contributed by atoms with Crippen molar-refractivity contribution in [3.05, 3.63) is 29.6 Å². The molecule has 1 rings (SSSR count). The standard InChI is InChI=1S/C17H29FN2/c1-6-16(7-2)20(5)17-9-8-15(18)10-14(17)12-19-11-13(3)4/h8-10,13,16,19H,6-7,11-12H2,1-5H3. The van der Waals surface area contributed by atoms with E-state index in [1.165, 1.54) is 0 Å². The van der Waals surface area contributed by atoms with Gasteiger partial charge in [0.25, 0.3) is 0 Å². The summed E-state index contributed by atoms with van der Waals surface area (Å²) >= 11 is 0. The molecule has 0 amide bonds. The fourth-order valence-electron chi connectivity index (χ4n) is 2.57. The molecule has 0 aliphatic heterocycles. The van der Waals surface area contributed by atoms with Gasteiger partial charge in [0.2, 0.25) is 0 Å². The van der Waals surface area contributed by atoms with Crippen molar-refractivity contribution in [2.75, 3.05) is 18.5 Å². The molecule has 0 spiro atoms. The van der Waals surface area contributed by atoms with Crippen LogP contribution in [0.1, 0.15) is 46.1 Å². The normalized spacial score (nSPS) is 11.4. The molecule has 0 saturated heterocycles. The van der Waals surface area contributed by atoms with Crippen molar-refractivity contribution < 1.29 is 4.39 Å². The van der Waals surface area contributed by atoms with E-state index in [9.17, 15) is 4.39 Å². The second-order valence-electron chi connectivity index (χ2n) is 5.88. The van der Waals surface area contributed by atoms with E-state index in [4.69, 9.17) is 0 Å². The van der Waals surface area contributed by atoms with Crippen LogP contribution in [0, 0.1) is 11.7 Å². The number of benzene rings is 1. The lowest BCUT2D eigenvalue weighted by Crippen LogP contribution is -2.32. The minimum Gasteiger partial charge on any atom is -0.371 e. The maximum atomic E-state index is 13.5. The maximum Gasteiger partial charge on any atom is 0.123 e. The van der Waals surface area contributed by atoms with Crippen molar-refractivity contribution in [3.8, 4) is 0 Å². The van der Waals surface area contributed by atoms with Crippen LogP contribution in [0.4, 0.5) is 10.1 Å². The van der Waals surface area contributed by atoms with Crippen molar-refractivity contribution >= 4 is 5.69 Å². The van der Waals surface area contributed by atoms with Crippen molar-refractivity contribution in [2.24, 2.45) is 5.92 Å². The summed E-state index contributed by atoms with van der Waals surface area (Å²) in [5, 5.41) is 3.41. The molecule has 0 aliphatic rings. The third kappa shape index (κ3) is 4.78. The zero-order valence-corrected chi connectivity index (χ0v) is 13.5. The summed E-state index contributed by atoms with van der Waals surface area (Å²) < 4.78 is 13.5. The molecule has 0 aliphatic carbocycles. The topological polar surface area (TPSA) is 15.3 Å². The monoisotopic (exact) mass is 280 g/mol. The van der Waals surface area contributed by atoms with E-state index in [2.05, 4.69) is 45.0 Å². The van der Waals surface area contributed by atoms with Crippen LogP contribution in [-0.2, 0) is 6.54 Å². The van der Waals surface area contributed by atoms with Gasteiger partial charge in [-0.05, 0) is 49.1 Å². The van der Waals surface area contributed by atoms with E-state index < -0.39 is 0 Å². The Kier molecular flexibility index (Phi) is 7.00. The number of hydrogen-bond donors (Lipinski definition) is 1. The van der Waals surface area contributed by atoms with Gasteiger partial charge in [0.05, 0.1) is 0 Å². The Morgan fingerprint density at radius 3 is 2.40 bits per heavy atom. The van der Waals surface area contributed by atoms with E-state index >= 15 is 0 Å². The highest BCUT2D eigenvalue weighted by atomic mass is 19.1. The van der Waals surface area contributed by atoms with Crippen molar-refractivity contribution in [1.82, 2.24) is 5.32 Å². The first-order valence-corrected chi connectivity index (χ1v) is 7.71. The Bertz CT molecular complexity index is 400. The van der Waals surface area contributed by atoms with E-state index in [1.54, 1.807) is 12.1 Å². The minimum absolute atomic E-state index is 0.159. The molecule has 0 aromatic heterocycles. The largest absolute Gasteiger partial charge is 0.371 e. The molecule has 1 aromatic rings. The molecule has 0 radical (unpaired) electrons. The molecule has 2 nitrogen and oxygen atoms in total. The summed E-state index contributed by atoms with van der Waals surface area (Å²) in [5.41, 5.74) is 2.18. The lowest BCUT2D eigenvalue weighted by molar-refractivity contribution is 0.546.